The Kier molecular flexibility index (Phi) is 5.29. The molecule has 0 aliphatic heterocycles. The van der Waals surface area contributed by atoms with Crippen molar-refractivity contribution in [2.45, 2.75) is 10.6 Å². The first-order valence-electron chi connectivity index (χ1n) is 5.85. The lowest BCUT2D eigenvalue weighted by atomic mass is 10.2. The quantitative estimate of drug-likeness (QED) is 0.759. The van der Waals surface area contributed by atoms with E-state index in [2.05, 4.69) is 15.9 Å². The standard InChI is InChI=1S/C15H9BrClNO2S/c16-13-4-3-11(6-12(13)15(19)20)21-8-10-2-1-9(7-18)5-14(10)17/h1-6H,8H2,(H,19,20). The second kappa shape index (κ2) is 6.99. The minimum absolute atomic E-state index is 0.228. The Balaban J connectivity index is 2.15. The van der Waals surface area contributed by atoms with Gasteiger partial charge in [-0.05, 0) is 51.8 Å². The molecular weight excluding hydrogens is 374 g/mol. The van der Waals surface area contributed by atoms with Gasteiger partial charge in [-0.1, -0.05) is 17.7 Å². The molecule has 0 aliphatic rings. The molecule has 0 spiro atoms. The summed E-state index contributed by atoms with van der Waals surface area (Å²) in [5.74, 6) is -0.369. The van der Waals surface area contributed by atoms with Gasteiger partial charge in [-0.2, -0.15) is 5.26 Å². The monoisotopic (exact) mass is 381 g/mol. The third kappa shape index (κ3) is 4.01. The topological polar surface area (TPSA) is 61.1 Å². The minimum Gasteiger partial charge on any atom is -0.478 e. The van der Waals surface area contributed by atoms with Gasteiger partial charge in [0.1, 0.15) is 0 Å². The molecule has 0 aromatic heterocycles. The maximum atomic E-state index is 11.1. The number of nitrogens with zero attached hydrogens (tertiary/aromatic N) is 1. The molecule has 0 fully saturated rings. The number of nitriles is 1. The van der Waals surface area contributed by atoms with Gasteiger partial charge in [0, 0.05) is 20.1 Å². The number of hydrogen-bond acceptors (Lipinski definition) is 3. The maximum absolute atomic E-state index is 11.1. The molecule has 2 aromatic rings. The van der Waals surface area contributed by atoms with Gasteiger partial charge in [-0.3, -0.25) is 0 Å². The van der Waals surface area contributed by atoms with Crippen LogP contribution in [0.5, 0.6) is 0 Å². The van der Waals surface area contributed by atoms with Crippen molar-refractivity contribution in [2.75, 3.05) is 0 Å². The normalized spacial score (nSPS) is 10.1. The van der Waals surface area contributed by atoms with E-state index in [-0.39, 0.29) is 5.56 Å². The lowest BCUT2D eigenvalue weighted by molar-refractivity contribution is 0.0695. The number of benzene rings is 2. The summed E-state index contributed by atoms with van der Waals surface area (Å²) >= 11 is 10.8. The Labute approximate surface area is 139 Å². The lowest BCUT2D eigenvalue weighted by Gasteiger charge is -2.06. The third-order valence-corrected chi connectivity index (χ3v) is 4.83. The van der Waals surface area contributed by atoms with E-state index >= 15 is 0 Å². The molecule has 2 rings (SSSR count). The van der Waals surface area contributed by atoms with E-state index in [1.807, 2.05) is 18.2 Å². The molecule has 0 aliphatic carbocycles. The van der Waals surface area contributed by atoms with E-state index in [1.54, 1.807) is 24.3 Å². The third-order valence-electron chi connectivity index (χ3n) is 2.74. The molecule has 6 heteroatoms. The zero-order valence-corrected chi connectivity index (χ0v) is 13.8. The van der Waals surface area contributed by atoms with Gasteiger partial charge in [0.15, 0.2) is 0 Å². The molecule has 0 unspecified atom stereocenters. The van der Waals surface area contributed by atoms with Crippen LogP contribution in [0.15, 0.2) is 45.8 Å². The van der Waals surface area contributed by atoms with Gasteiger partial charge in [-0.25, -0.2) is 4.79 Å². The highest BCUT2D eigenvalue weighted by Crippen LogP contribution is 2.30. The zero-order chi connectivity index (χ0) is 15.4. The number of thioether (sulfide) groups is 1. The second-order valence-electron chi connectivity index (χ2n) is 4.15. The fourth-order valence-electron chi connectivity index (χ4n) is 1.65. The lowest BCUT2D eigenvalue weighted by Crippen LogP contribution is -1.97. The van der Waals surface area contributed by atoms with Crippen molar-refractivity contribution in [3.05, 3.63) is 62.6 Å². The largest absolute Gasteiger partial charge is 0.478 e. The van der Waals surface area contributed by atoms with Crippen molar-refractivity contribution < 1.29 is 9.90 Å². The smallest absolute Gasteiger partial charge is 0.336 e. The second-order valence-corrected chi connectivity index (χ2v) is 6.46. The van der Waals surface area contributed by atoms with Crippen molar-refractivity contribution in [3.63, 3.8) is 0 Å². The number of carboxylic acid groups (broad SMARTS) is 1. The van der Waals surface area contributed by atoms with Gasteiger partial charge in [0.05, 0.1) is 17.2 Å². The number of halogens is 2. The number of carbonyl (C=O) groups is 1. The first-order chi connectivity index (χ1) is 10.0. The predicted molar refractivity (Wildman–Crippen MR) is 86.8 cm³/mol. The van der Waals surface area contributed by atoms with Crippen LogP contribution in [0.25, 0.3) is 0 Å². The van der Waals surface area contributed by atoms with Gasteiger partial charge < -0.3 is 5.11 Å². The molecule has 0 saturated heterocycles. The first-order valence-corrected chi connectivity index (χ1v) is 8.01. The van der Waals surface area contributed by atoms with E-state index in [0.29, 0.717) is 20.8 Å². The number of hydrogen-bond donors (Lipinski definition) is 1. The fraction of sp³-hybridized carbons (Fsp3) is 0.0667. The molecule has 0 bridgehead atoms. The van der Waals surface area contributed by atoms with Crippen molar-refractivity contribution in [1.82, 2.24) is 0 Å². The van der Waals surface area contributed by atoms with Crippen LogP contribution < -0.4 is 0 Å². The molecule has 3 nitrogen and oxygen atoms in total. The van der Waals surface area contributed by atoms with Crippen LogP contribution in [0, 0.1) is 11.3 Å². The Morgan fingerprint density at radius 1 is 1.33 bits per heavy atom. The van der Waals surface area contributed by atoms with Crippen LogP contribution >= 0.6 is 39.3 Å². The van der Waals surface area contributed by atoms with E-state index < -0.39 is 5.97 Å². The van der Waals surface area contributed by atoms with Crippen LogP contribution in [0.4, 0.5) is 0 Å². The Bertz CT molecular complexity index is 743. The Morgan fingerprint density at radius 2 is 2.10 bits per heavy atom. The average Bonchev–Trinajstić information content (AvgIpc) is 2.47. The number of aromatic carboxylic acids is 1. The summed E-state index contributed by atoms with van der Waals surface area (Å²) in [7, 11) is 0. The van der Waals surface area contributed by atoms with Crippen LogP contribution in [0.1, 0.15) is 21.5 Å². The van der Waals surface area contributed by atoms with Crippen molar-refractivity contribution >= 4 is 45.3 Å². The van der Waals surface area contributed by atoms with Crippen LogP contribution in [0.3, 0.4) is 0 Å². The summed E-state index contributed by atoms with van der Waals surface area (Å²) < 4.78 is 0.552. The maximum Gasteiger partial charge on any atom is 0.336 e. The molecule has 21 heavy (non-hydrogen) atoms. The number of rotatable bonds is 4. The molecule has 2 aromatic carbocycles. The van der Waals surface area contributed by atoms with E-state index in [4.69, 9.17) is 22.0 Å². The molecular formula is C15H9BrClNO2S. The van der Waals surface area contributed by atoms with Gasteiger partial charge in [-0.15, -0.1) is 11.8 Å². The fourth-order valence-corrected chi connectivity index (χ4v) is 3.34. The van der Waals surface area contributed by atoms with Crippen molar-refractivity contribution in [2.24, 2.45) is 0 Å². The molecule has 1 N–H and O–H groups in total. The Hall–Kier alpha value is -1.48. The summed E-state index contributed by atoms with van der Waals surface area (Å²) in [6.45, 7) is 0. The van der Waals surface area contributed by atoms with E-state index in [0.717, 1.165) is 10.5 Å². The highest BCUT2D eigenvalue weighted by Gasteiger charge is 2.10. The van der Waals surface area contributed by atoms with Gasteiger partial charge in [0.2, 0.25) is 0 Å². The van der Waals surface area contributed by atoms with Crippen LogP contribution in [0.2, 0.25) is 5.02 Å². The molecule has 0 amide bonds. The summed E-state index contributed by atoms with van der Waals surface area (Å²) in [4.78, 5) is 11.9. The molecule has 0 radical (unpaired) electrons. The van der Waals surface area contributed by atoms with Gasteiger partial charge >= 0.3 is 5.97 Å². The van der Waals surface area contributed by atoms with Gasteiger partial charge in [0.25, 0.3) is 0 Å². The molecule has 0 saturated carbocycles. The average molecular weight is 383 g/mol. The Morgan fingerprint density at radius 3 is 2.71 bits per heavy atom. The molecule has 106 valence electrons. The highest BCUT2D eigenvalue weighted by molar-refractivity contribution is 9.10. The summed E-state index contributed by atoms with van der Waals surface area (Å²) in [6.07, 6.45) is 0. The number of carboxylic acids is 1. The summed E-state index contributed by atoms with van der Waals surface area (Å²) in [5, 5.41) is 18.4. The first kappa shape index (κ1) is 15.9. The molecule has 0 atom stereocenters. The zero-order valence-electron chi connectivity index (χ0n) is 10.6. The summed E-state index contributed by atoms with van der Waals surface area (Å²) in [6, 6.07) is 12.4. The highest BCUT2D eigenvalue weighted by atomic mass is 79.9. The van der Waals surface area contributed by atoms with Crippen molar-refractivity contribution in [1.29, 1.82) is 5.26 Å². The van der Waals surface area contributed by atoms with E-state index in [1.165, 1.54) is 11.8 Å². The van der Waals surface area contributed by atoms with E-state index in [9.17, 15) is 4.79 Å². The predicted octanol–water partition coefficient (Wildman–Crippen LogP) is 4.96. The minimum atomic E-state index is -0.972. The SMILES string of the molecule is N#Cc1ccc(CSc2ccc(Br)c(C(=O)O)c2)c(Cl)c1. The van der Waals surface area contributed by atoms with Crippen LogP contribution in [-0.4, -0.2) is 11.1 Å². The molecule has 0 heterocycles. The summed E-state index contributed by atoms with van der Waals surface area (Å²) in [5.41, 5.74) is 1.65. The van der Waals surface area contributed by atoms with Crippen molar-refractivity contribution in [3.8, 4) is 6.07 Å². The van der Waals surface area contributed by atoms with Crippen LogP contribution in [-0.2, 0) is 5.75 Å².